The summed E-state index contributed by atoms with van der Waals surface area (Å²) in [4.78, 5) is 4.93. The van der Waals surface area contributed by atoms with Gasteiger partial charge >= 0.3 is 0 Å². The van der Waals surface area contributed by atoms with Crippen molar-refractivity contribution in [2.45, 2.75) is 44.6 Å². The Morgan fingerprint density at radius 2 is 1.90 bits per heavy atom. The second-order valence-electron chi connectivity index (χ2n) is 5.70. The Morgan fingerprint density at radius 1 is 1.15 bits per heavy atom. The average molecular weight is 329 g/mol. The molecule has 0 aromatic heterocycles. The maximum atomic E-state index is 6.27. The number of thioether (sulfide) groups is 1. The number of hydrogen-bond donors (Lipinski definition) is 1. The molecule has 1 aliphatic heterocycles. The van der Waals surface area contributed by atoms with E-state index in [0.717, 1.165) is 27.2 Å². The normalized spacial score (nSPS) is 21.1. The standard InChI is InChI=1S/C15H18Cl2N2S/c1-10-7-12(17)13(8-11(10)16)18-14-19-15(9-20-14)5-3-2-4-6-15/h7-8H,2-6,9H2,1H3,(H,18,19). The fourth-order valence-electron chi connectivity index (χ4n) is 2.87. The lowest BCUT2D eigenvalue weighted by Gasteiger charge is -2.29. The van der Waals surface area contributed by atoms with Crippen LogP contribution in [0.1, 0.15) is 37.7 Å². The topological polar surface area (TPSA) is 24.4 Å². The molecule has 20 heavy (non-hydrogen) atoms. The Labute approximate surface area is 134 Å². The first-order chi connectivity index (χ1) is 9.58. The second kappa shape index (κ2) is 5.78. The van der Waals surface area contributed by atoms with Gasteiger partial charge in [0.05, 0.1) is 16.2 Å². The highest BCUT2D eigenvalue weighted by atomic mass is 35.5. The predicted octanol–water partition coefficient (Wildman–Crippen LogP) is 5.52. The van der Waals surface area contributed by atoms with Crippen LogP contribution in [0.2, 0.25) is 10.0 Å². The fourth-order valence-corrected chi connectivity index (χ4v) is 4.50. The summed E-state index contributed by atoms with van der Waals surface area (Å²) in [6, 6.07) is 3.77. The molecule has 1 N–H and O–H groups in total. The van der Waals surface area contributed by atoms with Crippen molar-refractivity contribution in [2.75, 3.05) is 11.1 Å². The lowest BCUT2D eigenvalue weighted by Crippen LogP contribution is -2.29. The molecule has 5 heteroatoms. The predicted molar refractivity (Wildman–Crippen MR) is 90.5 cm³/mol. The molecule has 2 aliphatic rings. The van der Waals surface area contributed by atoms with Crippen LogP contribution in [0.5, 0.6) is 0 Å². The van der Waals surface area contributed by atoms with Gasteiger partial charge in [-0.25, -0.2) is 0 Å². The summed E-state index contributed by atoms with van der Waals surface area (Å²) in [5.74, 6) is 1.09. The minimum Gasteiger partial charge on any atom is -0.334 e. The molecule has 0 unspecified atom stereocenters. The summed E-state index contributed by atoms with van der Waals surface area (Å²) >= 11 is 14.2. The van der Waals surface area contributed by atoms with Gasteiger partial charge in [0, 0.05) is 10.8 Å². The van der Waals surface area contributed by atoms with E-state index in [2.05, 4.69) is 5.32 Å². The van der Waals surface area contributed by atoms with Gasteiger partial charge in [-0.2, -0.15) is 0 Å². The van der Waals surface area contributed by atoms with Crippen LogP contribution in [0.25, 0.3) is 0 Å². The summed E-state index contributed by atoms with van der Waals surface area (Å²) in [6.45, 7) is 1.96. The molecule has 1 aromatic carbocycles. The molecule has 0 saturated heterocycles. The third-order valence-corrected chi connectivity index (χ3v) is 5.96. The van der Waals surface area contributed by atoms with Crippen molar-refractivity contribution < 1.29 is 0 Å². The summed E-state index contributed by atoms with van der Waals surface area (Å²) in [5.41, 5.74) is 2.01. The first-order valence-electron chi connectivity index (χ1n) is 7.03. The zero-order valence-electron chi connectivity index (χ0n) is 11.5. The van der Waals surface area contributed by atoms with Gasteiger partial charge in [0.25, 0.3) is 0 Å². The molecular formula is C15H18Cl2N2S. The number of rotatable bonds is 1. The molecule has 2 nitrogen and oxygen atoms in total. The second-order valence-corrected chi connectivity index (χ2v) is 7.48. The lowest BCUT2D eigenvalue weighted by molar-refractivity contribution is 0.335. The SMILES string of the molecule is Cc1cc(Cl)c(NC2=NC3(CCCCC3)CS2)cc1Cl. The van der Waals surface area contributed by atoms with Gasteiger partial charge in [0.1, 0.15) is 0 Å². The number of nitrogens with zero attached hydrogens (tertiary/aromatic N) is 1. The number of aryl methyl sites for hydroxylation is 1. The van der Waals surface area contributed by atoms with E-state index in [4.69, 9.17) is 28.2 Å². The van der Waals surface area contributed by atoms with Crippen LogP contribution in [0, 0.1) is 6.92 Å². The first-order valence-corrected chi connectivity index (χ1v) is 8.77. The molecule has 108 valence electrons. The molecule has 1 aliphatic carbocycles. The number of anilines is 1. The van der Waals surface area contributed by atoms with Crippen molar-refractivity contribution in [1.82, 2.24) is 0 Å². The molecule has 1 saturated carbocycles. The summed E-state index contributed by atoms with van der Waals surface area (Å²) in [6.07, 6.45) is 6.38. The van der Waals surface area contributed by atoms with Gasteiger partial charge in [0.2, 0.25) is 0 Å². The van der Waals surface area contributed by atoms with E-state index >= 15 is 0 Å². The first kappa shape index (κ1) is 14.6. The highest BCUT2D eigenvalue weighted by Crippen LogP contribution is 2.40. The van der Waals surface area contributed by atoms with Crippen LogP contribution >= 0.6 is 35.0 Å². The van der Waals surface area contributed by atoms with E-state index < -0.39 is 0 Å². The number of halogens is 2. The summed E-state index contributed by atoms with van der Waals surface area (Å²) < 4.78 is 0. The highest BCUT2D eigenvalue weighted by molar-refractivity contribution is 8.14. The van der Waals surface area contributed by atoms with Crippen molar-refractivity contribution in [2.24, 2.45) is 4.99 Å². The van der Waals surface area contributed by atoms with Gasteiger partial charge in [-0.05, 0) is 37.5 Å². The molecule has 0 amide bonds. The van der Waals surface area contributed by atoms with Gasteiger partial charge < -0.3 is 5.32 Å². The average Bonchev–Trinajstić information content (AvgIpc) is 2.79. The van der Waals surface area contributed by atoms with E-state index in [9.17, 15) is 0 Å². The van der Waals surface area contributed by atoms with E-state index in [0.29, 0.717) is 5.02 Å². The smallest absolute Gasteiger partial charge is 0.161 e. The summed E-state index contributed by atoms with van der Waals surface area (Å²) in [7, 11) is 0. The minimum atomic E-state index is 0.173. The molecule has 1 fully saturated rings. The fraction of sp³-hybridized carbons (Fsp3) is 0.533. The van der Waals surface area contributed by atoms with E-state index in [1.165, 1.54) is 32.1 Å². The Bertz CT molecular complexity index is 551. The third-order valence-electron chi connectivity index (χ3n) is 4.09. The Hall–Kier alpha value is -0.380. The van der Waals surface area contributed by atoms with Crippen LogP contribution < -0.4 is 5.32 Å². The highest BCUT2D eigenvalue weighted by Gasteiger charge is 2.36. The van der Waals surface area contributed by atoms with E-state index in [1.54, 1.807) is 11.8 Å². The van der Waals surface area contributed by atoms with Crippen LogP contribution in [-0.4, -0.2) is 16.5 Å². The quantitative estimate of drug-likeness (QED) is 0.733. The maximum absolute atomic E-state index is 6.27. The molecule has 1 aromatic rings. The van der Waals surface area contributed by atoms with Crippen LogP contribution in [0.4, 0.5) is 5.69 Å². The number of benzene rings is 1. The maximum Gasteiger partial charge on any atom is 0.161 e. The van der Waals surface area contributed by atoms with Gasteiger partial charge in [-0.1, -0.05) is 54.2 Å². The van der Waals surface area contributed by atoms with Crippen molar-refractivity contribution in [3.8, 4) is 0 Å². The largest absolute Gasteiger partial charge is 0.334 e. The van der Waals surface area contributed by atoms with Crippen molar-refractivity contribution in [3.05, 3.63) is 27.7 Å². The Kier molecular flexibility index (Phi) is 4.21. The molecule has 0 radical (unpaired) electrons. The van der Waals surface area contributed by atoms with E-state index in [-0.39, 0.29) is 5.54 Å². The molecule has 0 atom stereocenters. The summed E-state index contributed by atoms with van der Waals surface area (Å²) in [5, 5.41) is 5.75. The molecule has 1 heterocycles. The van der Waals surface area contributed by atoms with E-state index in [1.807, 2.05) is 19.1 Å². The minimum absolute atomic E-state index is 0.173. The van der Waals surface area contributed by atoms with Crippen molar-refractivity contribution in [1.29, 1.82) is 0 Å². The van der Waals surface area contributed by atoms with Crippen LogP contribution in [0.15, 0.2) is 17.1 Å². The number of nitrogens with one attached hydrogen (secondary N) is 1. The molecular weight excluding hydrogens is 311 g/mol. The van der Waals surface area contributed by atoms with Crippen LogP contribution in [-0.2, 0) is 0 Å². The number of aliphatic imine (C=N–C) groups is 1. The number of amidine groups is 1. The van der Waals surface area contributed by atoms with Crippen molar-refractivity contribution in [3.63, 3.8) is 0 Å². The Balaban J connectivity index is 1.78. The lowest BCUT2D eigenvalue weighted by atomic mass is 9.84. The van der Waals surface area contributed by atoms with Gasteiger partial charge in [-0.15, -0.1) is 0 Å². The zero-order chi connectivity index (χ0) is 14.2. The molecule has 0 bridgehead atoms. The van der Waals surface area contributed by atoms with Crippen LogP contribution in [0.3, 0.4) is 0 Å². The molecule has 3 rings (SSSR count). The zero-order valence-corrected chi connectivity index (χ0v) is 13.8. The Morgan fingerprint density at radius 3 is 2.65 bits per heavy atom. The van der Waals surface area contributed by atoms with Gasteiger partial charge in [-0.3, -0.25) is 4.99 Å². The number of hydrogen-bond acceptors (Lipinski definition) is 3. The van der Waals surface area contributed by atoms with Crippen molar-refractivity contribution >= 4 is 45.8 Å². The molecule has 1 spiro atoms. The monoisotopic (exact) mass is 328 g/mol. The third kappa shape index (κ3) is 2.95. The van der Waals surface area contributed by atoms with Gasteiger partial charge in [0.15, 0.2) is 5.17 Å².